The molecular weight excluding hydrogens is 256 g/mol. The minimum atomic E-state index is 0.0879. The van der Waals surface area contributed by atoms with E-state index < -0.39 is 0 Å². The summed E-state index contributed by atoms with van der Waals surface area (Å²) in [5.74, 6) is 0.0879. The molecule has 3 N–H and O–H groups in total. The lowest BCUT2D eigenvalue weighted by molar-refractivity contribution is 1.42. The predicted molar refractivity (Wildman–Crippen MR) is 88.3 cm³/mol. The Balaban J connectivity index is 2.18. The van der Waals surface area contributed by atoms with Crippen molar-refractivity contribution in [3.05, 3.63) is 84.4 Å². The van der Waals surface area contributed by atoms with Gasteiger partial charge in [0.15, 0.2) is 0 Å². The zero-order valence-corrected chi connectivity index (χ0v) is 11.6. The maximum Gasteiger partial charge on any atom is 0.122 e. The predicted octanol–water partition coefficient (Wildman–Crippen LogP) is 4.30. The van der Waals surface area contributed by atoms with Crippen molar-refractivity contribution in [2.75, 3.05) is 0 Å². The van der Waals surface area contributed by atoms with Gasteiger partial charge < -0.3 is 5.73 Å². The normalized spacial score (nSPS) is 10.3. The van der Waals surface area contributed by atoms with E-state index in [1.807, 2.05) is 48.5 Å². The molecule has 2 heteroatoms. The van der Waals surface area contributed by atoms with Gasteiger partial charge in [0, 0.05) is 5.56 Å². The number of nitrogens with one attached hydrogen (secondary N) is 1. The first kappa shape index (κ1) is 13.1. The van der Waals surface area contributed by atoms with Gasteiger partial charge in [-0.1, -0.05) is 60.7 Å². The highest BCUT2D eigenvalue weighted by Crippen LogP contribution is 2.28. The van der Waals surface area contributed by atoms with Gasteiger partial charge in [-0.05, 0) is 40.5 Å². The van der Waals surface area contributed by atoms with Gasteiger partial charge in [-0.25, -0.2) is 0 Å². The highest BCUT2D eigenvalue weighted by molar-refractivity contribution is 5.97. The smallest absolute Gasteiger partial charge is 0.122 e. The molecule has 0 aliphatic carbocycles. The average molecular weight is 272 g/mol. The Morgan fingerprint density at radius 3 is 1.43 bits per heavy atom. The van der Waals surface area contributed by atoms with E-state index in [0.717, 1.165) is 27.8 Å². The van der Waals surface area contributed by atoms with E-state index in [4.69, 9.17) is 11.1 Å². The summed E-state index contributed by atoms with van der Waals surface area (Å²) in [5, 5.41) is 7.73. The Hall–Kier alpha value is -2.87. The summed E-state index contributed by atoms with van der Waals surface area (Å²) < 4.78 is 0. The molecule has 0 aliphatic rings. The molecule has 0 unspecified atom stereocenters. The molecule has 3 aromatic rings. The first-order chi connectivity index (χ1) is 10.2. The highest BCUT2D eigenvalue weighted by Gasteiger charge is 2.06. The van der Waals surface area contributed by atoms with E-state index in [1.54, 1.807) is 0 Å². The molecule has 0 heterocycles. The van der Waals surface area contributed by atoms with E-state index in [-0.39, 0.29) is 5.84 Å². The molecule has 3 aromatic carbocycles. The molecule has 0 fully saturated rings. The topological polar surface area (TPSA) is 49.9 Å². The fourth-order valence-corrected chi connectivity index (χ4v) is 2.38. The fraction of sp³-hybridized carbons (Fsp3) is 0. The SMILES string of the molecule is N=C(N)c1cc(-c2ccccc2)cc(-c2ccccc2)c1. The Bertz CT molecular complexity index is 704. The van der Waals surface area contributed by atoms with Crippen LogP contribution in [0.3, 0.4) is 0 Å². The number of benzene rings is 3. The summed E-state index contributed by atoms with van der Waals surface area (Å²) in [6.45, 7) is 0. The maximum absolute atomic E-state index is 7.73. The standard InChI is InChI=1S/C19H16N2/c20-19(21)18-12-16(14-7-3-1-4-8-14)11-17(13-18)15-9-5-2-6-10-15/h1-13H,(H3,20,21). The van der Waals surface area contributed by atoms with Gasteiger partial charge in [0.25, 0.3) is 0 Å². The summed E-state index contributed by atoms with van der Waals surface area (Å²) in [4.78, 5) is 0. The molecule has 0 saturated heterocycles. The molecule has 0 bridgehead atoms. The summed E-state index contributed by atoms with van der Waals surface area (Å²) >= 11 is 0. The number of hydrogen-bond acceptors (Lipinski definition) is 1. The number of hydrogen-bond donors (Lipinski definition) is 2. The number of amidine groups is 1. The van der Waals surface area contributed by atoms with Crippen molar-refractivity contribution < 1.29 is 0 Å². The molecule has 102 valence electrons. The zero-order valence-electron chi connectivity index (χ0n) is 11.6. The highest BCUT2D eigenvalue weighted by atomic mass is 14.7. The van der Waals surface area contributed by atoms with Crippen LogP contribution < -0.4 is 5.73 Å². The lowest BCUT2D eigenvalue weighted by Gasteiger charge is -2.10. The zero-order chi connectivity index (χ0) is 14.7. The third-order valence-corrected chi connectivity index (χ3v) is 3.46. The number of nitrogens with two attached hydrogens (primary N) is 1. The van der Waals surface area contributed by atoms with Crippen molar-refractivity contribution in [3.63, 3.8) is 0 Å². The summed E-state index contributed by atoms with van der Waals surface area (Å²) in [6.07, 6.45) is 0. The Kier molecular flexibility index (Phi) is 3.52. The lowest BCUT2D eigenvalue weighted by atomic mass is 9.96. The van der Waals surface area contributed by atoms with Gasteiger partial charge in [-0.3, -0.25) is 5.41 Å². The quantitative estimate of drug-likeness (QED) is 0.542. The van der Waals surface area contributed by atoms with Crippen molar-refractivity contribution in [2.24, 2.45) is 5.73 Å². The summed E-state index contributed by atoms with van der Waals surface area (Å²) in [7, 11) is 0. The molecule has 0 saturated carbocycles. The third-order valence-electron chi connectivity index (χ3n) is 3.46. The van der Waals surface area contributed by atoms with Crippen molar-refractivity contribution >= 4 is 5.84 Å². The average Bonchev–Trinajstić information content (AvgIpc) is 2.56. The van der Waals surface area contributed by atoms with Crippen molar-refractivity contribution in [3.8, 4) is 22.3 Å². The monoisotopic (exact) mass is 272 g/mol. The Morgan fingerprint density at radius 1 is 0.619 bits per heavy atom. The first-order valence-electron chi connectivity index (χ1n) is 6.84. The van der Waals surface area contributed by atoms with Crippen LogP contribution in [-0.2, 0) is 0 Å². The maximum atomic E-state index is 7.73. The number of nitrogen functional groups attached to an aromatic ring is 1. The van der Waals surface area contributed by atoms with Crippen LogP contribution in [0.2, 0.25) is 0 Å². The Morgan fingerprint density at radius 2 is 1.05 bits per heavy atom. The van der Waals surface area contributed by atoms with Gasteiger partial charge in [0.2, 0.25) is 0 Å². The molecule has 21 heavy (non-hydrogen) atoms. The molecule has 0 aliphatic heterocycles. The van der Waals surface area contributed by atoms with Crippen LogP contribution in [0.1, 0.15) is 5.56 Å². The van der Waals surface area contributed by atoms with E-state index >= 15 is 0 Å². The van der Waals surface area contributed by atoms with Crippen molar-refractivity contribution in [1.29, 1.82) is 5.41 Å². The van der Waals surface area contributed by atoms with Gasteiger partial charge >= 0.3 is 0 Å². The van der Waals surface area contributed by atoms with Gasteiger partial charge in [-0.15, -0.1) is 0 Å². The van der Waals surface area contributed by atoms with Crippen LogP contribution in [0.25, 0.3) is 22.3 Å². The largest absolute Gasteiger partial charge is 0.384 e. The van der Waals surface area contributed by atoms with E-state index in [2.05, 4.69) is 30.3 Å². The first-order valence-corrected chi connectivity index (χ1v) is 6.84. The fourth-order valence-electron chi connectivity index (χ4n) is 2.38. The van der Waals surface area contributed by atoms with Crippen LogP contribution in [-0.4, -0.2) is 5.84 Å². The van der Waals surface area contributed by atoms with Crippen molar-refractivity contribution in [2.45, 2.75) is 0 Å². The minimum absolute atomic E-state index is 0.0879. The van der Waals surface area contributed by atoms with Gasteiger partial charge in [-0.2, -0.15) is 0 Å². The second-order valence-electron chi connectivity index (χ2n) is 4.94. The van der Waals surface area contributed by atoms with Gasteiger partial charge in [0.1, 0.15) is 5.84 Å². The molecule has 0 amide bonds. The van der Waals surface area contributed by atoms with Crippen LogP contribution in [0.5, 0.6) is 0 Å². The second kappa shape index (κ2) is 5.63. The second-order valence-corrected chi connectivity index (χ2v) is 4.94. The molecule has 0 aromatic heterocycles. The van der Waals surface area contributed by atoms with Gasteiger partial charge in [0.05, 0.1) is 0 Å². The van der Waals surface area contributed by atoms with Crippen molar-refractivity contribution in [1.82, 2.24) is 0 Å². The molecule has 0 spiro atoms. The summed E-state index contributed by atoms with van der Waals surface area (Å²) in [5.41, 5.74) is 10.8. The lowest BCUT2D eigenvalue weighted by Crippen LogP contribution is -2.11. The van der Waals surface area contributed by atoms with E-state index in [1.165, 1.54) is 0 Å². The summed E-state index contributed by atoms with van der Waals surface area (Å²) in [6, 6.07) is 26.4. The molecule has 3 rings (SSSR count). The van der Waals surface area contributed by atoms with Crippen LogP contribution >= 0.6 is 0 Å². The van der Waals surface area contributed by atoms with Crippen LogP contribution in [0.15, 0.2) is 78.9 Å². The molecule has 0 radical (unpaired) electrons. The van der Waals surface area contributed by atoms with Crippen LogP contribution in [0.4, 0.5) is 0 Å². The van der Waals surface area contributed by atoms with E-state index in [9.17, 15) is 0 Å². The van der Waals surface area contributed by atoms with E-state index in [0.29, 0.717) is 0 Å². The van der Waals surface area contributed by atoms with Crippen LogP contribution in [0, 0.1) is 5.41 Å². The molecular formula is C19H16N2. The number of rotatable bonds is 3. The molecule has 0 atom stereocenters. The molecule has 2 nitrogen and oxygen atoms in total. The third kappa shape index (κ3) is 2.84. The Labute approximate surface area is 124 Å². The minimum Gasteiger partial charge on any atom is -0.384 e.